The van der Waals surface area contributed by atoms with Gasteiger partial charge in [-0.25, -0.2) is 0 Å². The van der Waals surface area contributed by atoms with Crippen molar-refractivity contribution in [1.82, 2.24) is 10.3 Å². The van der Waals surface area contributed by atoms with E-state index in [-0.39, 0.29) is 0 Å². The van der Waals surface area contributed by atoms with Gasteiger partial charge in [-0.15, -0.1) is 0 Å². The molecule has 0 atom stereocenters. The van der Waals surface area contributed by atoms with E-state index in [1.165, 1.54) is 12.8 Å². The van der Waals surface area contributed by atoms with Crippen LogP contribution in [0.4, 0.5) is 5.69 Å². The van der Waals surface area contributed by atoms with Crippen LogP contribution in [-0.2, 0) is 6.54 Å². The molecule has 3 heteroatoms. The Morgan fingerprint density at radius 1 is 1.54 bits per heavy atom. The molecule has 0 aromatic carbocycles. The van der Waals surface area contributed by atoms with Gasteiger partial charge in [0.25, 0.3) is 0 Å². The maximum atomic E-state index is 5.73. The van der Waals surface area contributed by atoms with Gasteiger partial charge in [0.2, 0.25) is 0 Å². The summed E-state index contributed by atoms with van der Waals surface area (Å²) in [6.07, 6.45) is 4.19. The number of nitrogens with zero attached hydrogens (tertiary/aromatic N) is 1. The molecule has 0 aliphatic carbocycles. The number of aromatic nitrogens is 1. The first-order valence-electron chi connectivity index (χ1n) is 4.74. The van der Waals surface area contributed by atoms with Gasteiger partial charge in [-0.3, -0.25) is 4.98 Å². The molecule has 1 aromatic heterocycles. The van der Waals surface area contributed by atoms with Gasteiger partial charge >= 0.3 is 0 Å². The molecule has 0 amide bonds. The summed E-state index contributed by atoms with van der Waals surface area (Å²) in [7, 11) is 0. The lowest BCUT2D eigenvalue weighted by Gasteiger charge is -2.05. The number of nitrogens with one attached hydrogen (secondary N) is 1. The van der Waals surface area contributed by atoms with Crippen LogP contribution in [0.15, 0.2) is 18.3 Å². The molecule has 0 fully saturated rings. The number of anilines is 1. The maximum absolute atomic E-state index is 5.73. The van der Waals surface area contributed by atoms with Crippen LogP contribution >= 0.6 is 0 Å². The van der Waals surface area contributed by atoms with Crippen molar-refractivity contribution in [2.24, 2.45) is 0 Å². The summed E-state index contributed by atoms with van der Waals surface area (Å²) < 4.78 is 0. The van der Waals surface area contributed by atoms with E-state index in [4.69, 9.17) is 5.73 Å². The smallest absolute Gasteiger partial charge is 0.0770 e. The van der Waals surface area contributed by atoms with Crippen molar-refractivity contribution in [2.45, 2.75) is 26.3 Å². The lowest BCUT2D eigenvalue weighted by molar-refractivity contribution is 0.634. The summed E-state index contributed by atoms with van der Waals surface area (Å²) in [6.45, 7) is 3.98. The second-order valence-electron chi connectivity index (χ2n) is 3.07. The first-order chi connectivity index (χ1) is 6.34. The van der Waals surface area contributed by atoms with E-state index in [0.717, 1.165) is 24.5 Å². The molecule has 1 heterocycles. The van der Waals surface area contributed by atoms with E-state index in [9.17, 15) is 0 Å². The van der Waals surface area contributed by atoms with Crippen LogP contribution < -0.4 is 11.1 Å². The summed E-state index contributed by atoms with van der Waals surface area (Å²) >= 11 is 0. The Bertz CT molecular complexity index is 248. The molecule has 72 valence electrons. The van der Waals surface area contributed by atoms with Gasteiger partial charge in [-0.1, -0.05) is 13.3 Å². The van der Waals surface area contributed by atoms with E-state index < -0.39 is 0 Å². The van der Waals surface area contributed by atoms with Gasteiger partial charge in [0.15, 0.2) is 0 Å². The largest absolute Gasteiger partial charge is 0.397 e. The van der Waals surface area contributed by atoms with Crippen LogP contribution in [0.5, 0.6) is 0 Å². The minimum atomic E-state index is 0.770. The molecule has 3 nitrogen and oxygen atoms in total. The zero-order valence-corrected chi connectivity index (χ0v) is 8.09. The molecule has 0 radical (unpaired) electrons. The first kappa shape index (κ1) is 9.99. The Morgan fingerprint density at radius 3 is 3.08 bits per heavy atom. The molecule has 0 saturated heterocycles. The van der Waals surface area contributed by atoms with E-state index in [2.05, 4.69) is 17.2 Å². The molecule has 1 aromatic rings. The van der Waals surface area contributed by atoms with E-state index in [1.54, 1.807) is 6.20 Å². The molecule has 0 unspecified atom stereocenters. The molecule has 0 bridgehead atoms. The lowest BCUT2D eigenvalue weighted by atomic mass is 10.3. The third kappa shape index (κ3) is 3.42. The van der Waals surface area contributed by atoms with Crippen molar-refractivity contribution in [3.63, 3.8) is 0 Å². The molecule has 3 N–H and O–H groups in total. The molecule has 1 rings (SSSR count). The number of rotatable bonds is 5. The third-order valence-electron chi connectivity index (χ3n) is 1.92. The van der Waals surface area contributed by atoms with Gasteiger partial charge in [-0.05, 0) is 25.1 Å². The average molecular weight is 179 g/mol. The molecule has 13 heavy (non-hydrogen) atoms. The quantitative estimate of drug-likeness (QED) is 0.674. The van der Waals surface area contributed by atoms with Crippen molar-refractivity contribution in [3.05, 3.63) is 24.0 Å². The summed E-state index contributed by atoms with van der Waals surface area (Å²) in [5.41, 5.74) is 7.45. The van der Waals surface area contributed by atoms with Crippen LogP contribution in [0, 0.1) is 0 Å². The minimum Gasteiger partial charge on any atom is -0.397 e. The van der Waals surface area contributed by atoms with Gasteiger partial charge in [0, 0.05) is 12.7 Å². The van der Waals surface area contributed by atoms with E-state index in [1.807, 2.05) is 12.1 Å². The Labute approximate surface area is 79.4 Å². The van der Waals surface area contributed by atoms with Crippen LogP contribution in [0.25, 0.3) is 0 Å². The zero-order valence-electron chi connectivity index (χ0n) is 8.09. The number of nitrogens with two attached hydrogens (primary N) is 1. The van der Waals surface area contributed by atoms with Gasteiger partial charge in [-0.2, -0.15) is 0 Å². The summed E-state index contributed by atoms with van der Waals surface area (Å²) in [5.74, 6) is 0. The van der Waals surface area contributed by atoms with Gasteiger partial charge in [0.1, 0.15) is 0 Å². The van der Waals surface area contributed by atoms with Crippen molar-refractivity contribution >= 4 is 5.69 Å². The first-order valence-corrected chi connectivity index (χ1v) is 4.74. The number of hydrogen-bond acceptors (Lipinski definition) is 3. The monoisotopic (exact) mass is 179 g/mol. The summed E-state index contributed by atoms with van der Waals surface area (Å²) in [6, 6.07) is 3.73. The Kier molecular flexibility index (Phi) is 4.26. The standard InChI is InChI=1S/C10H17N3/c1-2-3-6-12-8-10-9(11)5-4-7-13-10/h4-5,7,12H,2-3,6,8,11H2,1H3. The normalized spacial score (nSPS) is 10.2. The molecule has 0 aliphatic heterocycles. The summed E-state index contributed by atoms with van der Waals surface area (Å²) in [4.78, 5) is 4.19. The topological polar surface area (TPSA) is 50.9 Å². The second kappa shape index (κ2) is 5.54. The van der Waals surface area contributed by atoms with Crippen LogP contribution in [0.2, 0.25) is 0 Å². The third-order valence-corrected chi connectivity index (χ3v) is 1.92. The highest BCUT2D eigenvalue weighted by Crippen LogP contribution is 2.05. The van der Waals surface area contributed by atoms with Crippen LogP contribution in [-0.4, -0.2) is 11.5 Å². The van der Waals surface area contributed by atoms with Gasteiger partial charge in [0.05, 0.1) is 11.4 Å². The fourth-order valence-corrected chi connectivity index (χ4v) is 1.11. The molecule has 0 saturated carbocycles. The SMILES string of the molecule is CCCCNCc1ncccc1N. The second-order valence-corrected chi connectivity index (χ2v) is 3.07. The molecular formula is C10H17N3. The van der Waals surface area contributed by atoms with E-state index >= 15 is 0 Å². The van der Waals surface area contributed by atoms with Crippen molar-refractivity contribution < 1.29 is 0 Å². The van der Waals surface area contributed by atoms with E-state index in [0.29, 0.717) is 0 Å². The number of unbranched alkanes of at least 4 members (excludes halogenated alkanes) is 1. The number of pyridine rings is 1. The Morgan fingerprint density at radius 2 is 2.38 bits per heavy atom. The predicted molar refractivity (Wildman–Crippen MR) is 55.3 cm³/mol. The molecule has 0 aliphatic rings. The zero-order chi connectivity index (χ0) is 9.52. The Balaban J connectivity index is 2.32. The predicted octanol–water partition coefficient (Wildman–Crippen LogP) is 1.55. The highest BCUT2D eigenvalue weighted by Gasteiger charge is 1.97. The minimum absolute atomic E-state index is 0.770. The van der Waals surface area contributed by atoms with Crippen LogP contribution in [0.3, 0.4) is 0 Å². The highest BCUT2D eigenvalue weighted by atomic mass is 14.9. The summed E-state index contributed by atoms with van der Waals surface area (Å²) in [5, 5.41) is 3.30. The Hall–Kier alpha value is -1.09. The highest BCUT2D eigenvalue weighted by molar-refractivity contribution is 5.41. The molecule has 0 spiro atoms. The van der Waals surface area contributed by atoms with Gasteiger partial charge < -0.3 is 11.1 Å². The fraction of sp³-hybridized carbons (Fsp3) is 0.500. The molecular weight excluding hydrogens is 162 g/mol. The number of nitrogen functional groups attached to an aromatic ring is 1. The average Bonchev–Trinajstić information content (AvgIpc) is 2.15. The maximum Gasteiger partial charge on any atom is 0.0770 e. The fourth-order valence-electron chi connectivity index (χ4n) is 1.11. The van der Waals surface area contributed by atoms with Crippen molar-refractivity contribution in [3.8, 4) is 0 Å². The lowest BCUT2D eigenvalue weighted by Crippen LogP contribution is -2.16. The van der Waals surface area contributed by atoms with Crippen molar-refractivity contribution in [2.75, 3.05) is 12.3 Å². The van der Waals surface area contributed by atoms with Crippen molar-refractivity contribution in [1.29, 1.82) is 0 Å². The van der Waals surface area contributed by atoms with Crippen LogP contribution in [0.1, 0.15) is 25.5 Å². The number of hydrogen-bond donors (Lipinski definition) is 2.